The van der Waals surface area contributed by atoms with E-state index in [0.29, 0.717) is 18.7 Å². The van der Waals surface area contributed by atoms with Crippen LogP contribution in [0.25, 0.3) is 0 Å². The van der Waals surface area contributed by atoms with Gasteiger partial charge in [-0.2, -0.15) is 0 Å². The molecule has 0 aliphatic carbocycles. The quantitative estimate of drug-likeness (QED) is 0.913. The summed E-state index contributed by atoms with van der Waals surface area (Å²) in [6.07, 6.45) is 2.30. The standard InChI is InChI=1S/C15H23ClN2O/c1-4-19-15-6-5-12(16)10-14(15)17-13-7-8-18(3)11(2)9-13/h5-6,10-11,13,17H,4,7-9H2,1-3H3. The van der Waals surface area contributed by atoms with Crippen molar-refractivity contribution in [3.63, 3.8) is 0 Å². The van der Waals surface area contributed by atoms with Gasteiger partial charge in [-0.25, -0.2) is 0 Å². The topological polar surface area (TPSA) is 24.5 Å². The lowest BCUT2D eigenvalue weighted by Gasteiger charge is -2.36. The number of hydrogen-bond donors (Lipinski definition) is 1. The molecule has 2 unspecified atom stereocenters. The fourth-order valence-electron chi connectivity index (χ4n) is 2.54. The van der Waals surface area contributed by atoms with Crippen LogP contribution in [0.5, 0.6) is 5.75 Å². The zero-order chi connectivity index (χ0) is 13.8. The van der Waals surface area contributed by atoms with Gasteiger partial charge in [0, 0.05) is 23.7 Å². The Morgan fingerprint density at radius 1 is 1.47 bits per heavy atom. The van der Waals surface area contributed by atoms with E-state index in [1.54, 1.807) is 0 Å². The van der Waals surface area contributed by atoms with Gasteiger partial charge in [-0.1, -0.05) is 11.6 Å². The van der Waals surface area contributed by atoms with Gasteiger partial charge in [0.1, 0.15) is 5.75 Å². The molecule has 0 amide bonds. The zero-order valence-electron chi connectivity index (χ0n) is 11.9. The summed E-state index contributed by atoms with van der Waals surface area (Å²) in [6, 6.07) is 6.86. The molecule has 3 nitrogen and oxygen atoms in total. The Balaban J connectivity index is 2.07. The molecule has 1 aliphatic rings. The molecule has 1 saturated heterocycles. The van der Waals surface area contributed by atoms with Gasteiger partial charge in [-0.15, -0.1) is 0 Å². The van der Waals surface area contributed by atoms with Crippen molar-refractivity contribution in [3.05, 3.63) is 23.2 Å². The van der Waals surface area contributed by atoms with Crippen molar-refractivity contribution in [2.75, 3.05) is 25.5 Å². The van der Waals surface area contributed by atoms with E-state index in [9.17, 15) is 0 Å². The van der Waals surface area contributed by atoms with E-state index in [-0.39, 0.29) is 0 Å². The van der Waals surface area contributed by atoms with E-state index in [1.807, 2.05) is 25.1 Å². The first-order chi connectivity index (χ1) is 9.10. The molecule has 1 heterocycles. The van der Waals surface area contributed by atoms with E-state index in [4.69, 9.17) is 16.3 Å². The molecule has 2 rings (SSSR count). The molecule has 0 spiro atoms. The zero-order valence-corrected chi connectivity index (χ0v) is 12.7. The lowest BCUT2D eigenvalue weighted by atomic mass is 9.98. The maximum atomic E-state index is 6.08. The van der Waals surface area contributed by atoms with Crippen molar-refractivity contribution >= 4 is 17.3 Å². The number of anilines is 1. The molecule has 2 atom stereocenters. The SMILES string of the molecule is CCOc1ccc(Cl)cc1NC1CCN(C)C(C)C1. The Labute approximate surface area is 120 Å². The predicted molar refractivity (Wildman–Crippen MR) is 81.4 cm³/mol. The Hall–Kier alpha value is -0.930. The molecule has 0 radical (unpaired) electrons. The lowest BCUT2D eigenvalue weighted by Crippen LogP contribution is -2.42. The van der Waals surface area contributed by atoms with Gasteiger partial charge in [-0.05, 0) is 51.9 Å². The highest BCUT2D eigenvalue weighted by atomic mass is 35.5. The van der Waals surface area contributed by atoms with Gasteiger partial charge in [0.25, 0.3) is 0 Å². The molecule has 1 fully saturated rings. The molecule has 1 aliphatic heterocycles. The van der Waals surface area contributed by atoms with Crippen molar-refractivity contribution in [1.29, 1.82) is 0 Å². The molecule has 0 aromatic heterocycles. The molecule has 0 saturated carbocycles. The largest absolute Gasteiger partial charge is 0.492 e. The van der Waals surface area contributed by atoms with E-state index in [2.05, 4.69) is 24.2 Å². The number of rotatable bonds is 4. The van der Waals surface area contributed by atoms with E-state index < -0.39 is 0 Å². The number of ether oxygens (including phenoxy) is 1. The predicted octanol–water partition coefficient (Wildman–Crippen LogP) is 3.63. The molecular formula is C15H23ClN2O. The van der Waals surface area contributed by atoms with Crippen LogP contribution in [0, 0.1) is 0 Å². The van der Waals surface area contributed by atoms with Gasteiger partial charge < -0.3 is 15.0 Å². The third-order valence-corrected chi connectivity index (χ3v) is 4.04. The highest BCUT2D eigenvalue weighted by Gasteiger charge is 2.23. The van der Waals surface area contributed by atoms with Crippen molar-refractivity contribution in [2.24, 2.45) is 0 Å². The van der Waals surface area contributed by atoms with Crippen LogP contribution in [0.1, 0.15) is 26.7 Å². The van der Waals surface area contributed by atoms with E-state index in [1.165, 1.54) is 0 Å². The van der Waals surface area contributed by atoms with E-state index in [0.717, 1.165) is 35.8 Å². The maximum Gasteiger partial charge on any atom is 0.142 e. The average molecular weight is 283 g/mol. The van der Waals surface area contributed by atoms with Crippen molar-refractivity contribution in [3.8, 4) is 5.75 Å². The van der Waals surface area contributed by atoms with Gasteiger partial charge in [0.05, 0.1) is 12.3 Å². The minimum absolute atomic E-state index is 0.490. The van der Waals surface area contributed by atoms with Crippen LogP contribution in [-0.2, 0) is 0 Å². The van der Waals surface area contributed by atoms with Gasteiger partial charge in [-0.3, -0.25) is 0 Å². The molecule has 4 heteroatoms. The first-order valence-electron chi connectivity index (χ1n) is 6.99. The second-order valence-corrected chi connectivity index (χ2v) is 5.71. The molecule has 19 heavy (non-hydrogen) atoms. The van der Waals surface area contributed by atoms with Gasteiger partial charge in [0.15, 0.2) is 0 Å². The molecule has 1 N–H and O–H groups in total. The minimum atomic E-state index is 0.490. The van der Waals surface area contributed by atoms with Crippen LogP contribution in [-0.4, -0.2) is 37.2 Å². The average Bonchev–Trinajstić information content (AvgIpc) is 2.37. The summed E-state index contributed by atoms with van der Waals surface area (Å²) in [5.41, 5.74) is 1.01. The van der Waals surface area contributed by atoms with Crippen molar-refractivity contribution in [2.45, 2.75) is 38.8 Å². The minimum Gasteiger partial charge on any atom is -0.492 e. The van der Waals surface area contributed by atoms with Crippen LogP contribution >= 0.6 is 11.6 Å². The Morgan fingerprint density at radius 2 is 2.26 bits per heavy atom. The van der Waals surface area contributed by atoms with Gasteiger partial charge in [0.2, 0.25) is 0 Å². The highest BCUT2D eigenvalue weighted by molar-refractivity contribution is 6.30. The first kappa shape index (κ1) is 14.5. The normalized spacial score (nSPS) is 24.2. The van der Waals surface area contributed by atoms with Crippen molar-refractivity contribution < 1.29 is 4.74 Å². The number of benzene rings is 1. The summed E-state index contributed by atoms with van der Waals surface area (Å²) in [5.74, 6) is 0.887. The van der Waals surface area contributed by atoms with Crippen LogP contribution in [0.2, 0.25) is 5.02 Å². The number of halogens is 1. The van der Waals surface area contributed by atoms with E-state index >= 15 is 0 Å². The third kappa shape index (κ3) is 3.77. The fourth-order valence-corrected chi connectivity index (χ4v) is 2.71. The van der Waals surface area contributed by atoms with Crippen LogP contribution in [0.4, 0.5) is 5.69 Å². The Kier molecular flexibility index (Phi) is 4.94. The van der Waals surface area contributed by atoms with Gasteiger partial charge >= 0.3 is 0 Å². The Morgan fingerprint density at radius 3 is 2.95 bits per heavy atom. The summed E-state index contributed by atoms with van der Waals surface area (Å²) in [7, 11) is 2.19. The van der Waals surface area contributed by atoms with Crippen molar-refractivity contribution in [1.82, 2.24) is 4.90 Å². The van der Waals surface area contributed by atoms with Crippen LogP contribution < -0.4 is 10.1 Å². The number of nitrogens with zero attached hydrogens (tertiary/aromatic N) is 1. The lowest BCUT2D eigenvalue weighted by molar-refractivity contribution is 0.190. The third-order valence-electron chi connectivity index (χ3n) is 3.81. The first-order valence-corrected chi connectivity index (χ1v) is 7.37. The maximum absolute atomic E-state index is 6.08. The molecule has 1 aromatic carbocycles. The highest BCUT2D eigenvalue weighted by Crippen LogP contribution is 2.30. The molecule has 1 aromatic rings. The number of hydrogen-bond acceptors (Lipinski definition) is 3. The molecule has 0 bridgehead atoms. The summed E-state index contributed by atoms with van der Waals surface area (Å²) >= 11 is 6.08. The monoisotopic (exact) mass is 282 g/mol. The summed E-state index contributed by atoms with van der Waals surface area (Å²) < 4.78 is 5.65. The fraction of sp³-hybridized carbons (Fsp3) is 0.600. The summed E-state index contributed by atoms with van der Waals surface area (Å²) in [6.45, 7) is 6.06. The number of nitrogens with one attached hydrogen (secondary N) is 1. The number of likely N-dealkylation sites (tertiary alicyclic amines) is 1. The second-order valence-electron chi connectivity index (χ2n) is 5.27. The molecular weight excluding hydrogens is 260 g/mol. The summed E-state index contributed by atoms with van der Waals surface area (Å²) in [4.78, 5) is 2.40. The van der Waals surface area contributed by atoms with Crippen LogP contribution in [0.3, 0.4) is 0 Å². The number of piperidine rings is 1. The second kappa shape index (κ2) is 6.49. The molecule has 106 valence electrons. The summed E-state index contributed by atoms with van der Waals surface area (Å²) in [5, 5.41) is 4.33. The smallest absolute Gasteiger partial charge is 0.142 e. The van der Waals surface area contributed by atoms with Crippen LogP contribution in [0.15, 0.2) is 18.2 Å². The Bertz CT molecular complexity index is 425.